The third kappa shape index (κ3) is 4.05. The summed E-state index contributed by atoms with van der Waals surface area (Å²) in [6.45, 7) is 3.95. The standard InChI is InChI=1S/C17H18N2O/c1-13-6-5-7-15(12-13)9-10-17(20)19-14(2)16-8-3-4-11-18-16/h3-12,14H,1-2H3,(H,19,20). The SMILES string of the molecule is Cc1cccc(C=CC(=O)NC(C)c2ccccn2)c1. The minimum absolute atomic E-state index is 0.106. The lowest BCUT2D eigenvalue weighted by molar-refractivity contribution is -0.117. The van der Waals surface area contributed by atoms with E-state index in [1.54, 1.807) is 12.3 Å². The molecule has 0 radical (unpaired) electrons. The summed E-state index contributed by atoms with van der Waals surface area (Å²) in [6.07, 6.45) is 5.09. The largest absolute Gasteiger partial charge is 0.344 e. The number of benzene rings is 1. The number of nitrogens with zero attached hydrogens (tertiary/aromatic N) is 1. The summed E-state index contributed by atoms with van der Waals surface area (Å²) in [6, 6.07) is 13.6. The van der Waals surface area contributed by atoms with Crippen molar-refractivity contribution >= 4 is 12.0 Å². The molecule has 1 aromatic heterocycles. The highest BCUT2D eigenvalue weighted by atomic mass is 16.1. The Labute approximate surface area is 119 Å². The van der Waals surface area contributed by atoms with Crippen molar-refractivity contribution < 1.29 is 4.79 Å². The Bertz CT molecular complexity index is 605. The third-order valence-electron chi connectivity index (χ3n) is 2.96. The molecule has 0 aliphatic carbocycles. The summed E-state index contributed by atoms with van der Waals surface area (Å²) in [7, 11) is 0. The lowest BCUT2D eigenvalue weighted by Crippen LogP contribution is -2.25. The van der Waals surface area contributed by atoms with Gasteiger partial charge in [-0.25, -0.2) is 0 Å². The van der Waals surface area contributed by atoms with Crippen molar-refractivity contribution in [2.45, 2.75) is 19.9 Å². The summed E-state index contributed by atoms with van der Waals surface area (Å²) in [5, 5.41) is 2.89. The number of amides is 1. The van der Waals surface area contributed by atoms with E-state index in [4.69, 9.17) is 0 Å². The van der Waals surface area contributed by atoms with Crippen LogP contribution < -0.4 is 5.32 Å². The number of hydrogen-bond donors (Lipinski definition) is 1. The van der Waals surface area contributed by atoms with E-state index in [2.05, 4.69) is 10.3 Å². The molecule has 1 amide bonds. The van der Waals surface area contributed by atoms with Gasteiger partial charge >= 0.3 is 0 Å². The lowest BCUT2D eigenvalue weighted by atomic mass is 10.1. The van der Waals surface area contributed by atoms with Crippen molar-refractivity contribution in [2.24, 2.45) is 0 Å². The molecule has 0 fully saturated rings. The second-order valence-electron chi connectivity index (χ2n) is 4.73. The first-order valence-corrected chi connectivity index (χ1v) is 6.61. The van der Waals surface area contributed by atoms with E-state index >= 15 is 0 Å². The quantitative estimate of drug-likeness (QED) is 0.863. The van der Waals surface area contributed by atoms with Crippen LogP contribution in [0.1, 0.15) is 29.8 Å². The predicted molar refractivity (Wildman–Crippen MR) is 81.0 cm³/mol. The average molecular weight is 266 g/mol. The molecule has 3 nitrogen and oxygen atoms in total. The molecule has 0 saturated carbocycles. The number of aromatic nitrogens is 1. The Hall–Kier alpha value is -2.42. The van der Waals surface area contributed by atoms with Gasteiger partial charge in [-0.3, -0.25) is 9.78 Å². The number of carbonyl (C=O) groups is 1. The van der Waals surface area contributed by atoms with Gasteiger partial charge < -0.3 is 5.32 Å². The van der Waals surface area contributed by atoms with Gasteiger partial charge in [0, 0.05) is 12.3 Å². The van der Waals surface area contributed by atoms with Crippen molar-refractivity contribution in [1.82, 2.24) is 10.3 Å². The van der Waals surface area contributed by atoms with E-state index in [1.165, 1.54) is 5.56 Å². The van der Waals surface area contributed by atoms with Crippen molar-refractivity contribution in [3.05, 3.63) is 71.6 Å². The van der Waals surface area contributed by atoms with E-state index < -0.39 is 0 Å². The van der Waals surface area contributed by atoms with Crippen molar-refractivity contribution in [2.75, 3.05) is 0 Å². The molecular formula is C17H18N2O. The summed E-state index contributed by atoms with van der Waals surface area (Å²) >= 11 is 0. The Balaban J connectivity index is 1.96. The maximum absolute atomic E-state index is 11.9. The number of aryl methyl sites for hydroxylation is 1. The van der Waals surface area contributed by atoms with E-state index in [0.29, 0.717) is 0 Å². The second kappa shape index (κ2) is 6.66. The maximum atomic E-state index is 11.9. The van der Waals surface area contributed by atoms with Gasteiger partial charge in [-0.2, -0.15) is 0 Å². The summed E-state index contributed by atoms with van der Waals surface area (Å²) in [4.78, 5) is 16.1. The number of hydrogen-bond acceptors (Lipinski definition) is 2. The maximum Gasteiger partial charge on any atom is 0.244 e. The minimum Gasteiger partial charge on any atom is -0.344 e. The Morgan fingerprint density at radius 1 is 1.25 bits per heavy atom. The summed E-state index contributed by atoms with van der Waals surface area (Å²) in [5.41, 5.74) is 3.05. The van der Waals surface area contributed by atoms with Gasteiger partial charge in [0.15, 0.2) is 0 Å². The predicted octanol–water partition coefficient (Wildman–Crippen LogP) is 3.28. The molecule has 0 aliphatic rings. The molecular weight excluding hydrogens is 248 g/mol. The van der Waals surface area contributed by atoms with E-state index in [0.717, 1.165) is 11.3 Å². The average Bonchev–Trinajstić information content (AvgIpc) is 2.46. The Kier molecular flexibility index (Phi) is 4.66. The molecule has 1 unspecified atom stereocenters. The highest BCUT2D eigenvalue weighted by Crippen LogP contribution is 2.09. The molecule has 0 saturated heterocycles. The molecule has 2 rings (SSSR count). The van der Waals surface area contributed by atoms with E-state index in [-0.39, 0.29) is 11.9 Å². The smallest absolute Gasteiger partial charge is 0.244 e. The van der Waals surface area contributed by atoms with Crippen molar-refractivity contribution in [1.29, 1.82) is 0 Å². The van der Waals surface area contributed by atoms with Crippen LogP contribution in [-0.2, 0) is 4.79 Å². The van der Waals surface area contributed by atoms with Crippen LogP contribution in [0.25, 0.3) is 6.08 Å². The third-order valence-corrected chi connectivity index (χ3v) is 2.96. The van der Waals surface area contributed by atoms with Gasteiger partial charge in [0.2, 0.25) is 5.91 Å². The fourth-order valence-electron chi connectivity index (χ4n) is 1.91. The zero-order valence-corrected chi connectivity index (χ0v) is 11.7. The van der Waals surface area contributed by atoms with Crippen LogP contribution in [0.5, 0.6) is 0 Å². The van der Waals surface area contributed by atoms with E-state index in [9.17, 15) is 4.79 Å². The zero-order chi connectivity index (χ0) is 14.4. The number of rotatable bonds is 4. The van der Waals surface area contributed by atoms with Crippen LogP contribution in [0.2, 0.25) is 0 Å². The number of nitrogens with one attached hydrogen (secondary N) is 1. The molecule has 0 aliphatic heterocycles. The van der Waals surface area contributed by atoms with Crippen LogP contribution >= 0.6 is 0 Å². The second-order valence-corrected chi connectivity index (χ2v) is 4.73. The molecule has 0 spiro atoms. The lowest BCUT2D eigenvalue weighted by Gasteiger charge is -2.11. The van der Waals surface area contributed by atoms with Gasteiger partial charge in [-0.1, -0.05) is 35.9 Å². The van der Waals surface area contributed by atoms with E-state index in [1.807, 2.05) is 62.4 Å². The monoisotopic (exact) mass is 266 g/mol. The summed E-state index contributed by atoms with van der Waals surface area (Å²) in [5.74, 6) is -0.121. The topological polar surface area (TPSA) is 42.0 Å². The fourth-order valence-corrected chi connectivity index (χ4v) is 1.91. The van der Waals surface area contributed by atoms with Crippen LogP contribution in [0.3, 0.4) is 0 Å². The zero-order valence-electron chi connectivity index (χ0n) is 11.7. The van der Waals surface area contributed by atoms with Crippen LogP contribution in [0.4, 0.5) is 0 Å². The molecule has 1 N–H and O–H groups in total. The molecule has 1 aromatic carbocycles. The molecule has 0 bridgehead atoms. The normalized spacial score (nSPS) is 12.3. The highest BCUT2D eigenvalue weighted by molar-refractivity contribution is 5.91. The van der Waals surface area contributed by atoms with Crippen molar-refractivity contribution in [3.63, 3.8) is 0 Å². The first-order chi connectivity index (χ1) is 9.65. The first kappa shape index (κ1) is 14.0. The van der Waals surface area contributed by atoms with Gasteiger partial charge in [-0.05, 0) is 37.6 Å². The molecule has 20 heavy (non-hydrogen) atoms. The summed E-state index contributed by atoms with van der Waals surface area (Å²) < 4.78 is 0. The highest BCUT2D eigenvalue weighted by Gasteiger charge is 2.07. The van der Waals surface area contributed by atoms with Crippen molar-refractivity contribution in [3.8, 4) is 0 Å². The van der Waals surface area contributed by atoms with Gasteiger partial charge in [0.25, 0.3) is 0 Å². The van der Waals surface area contributed by atoms with Crippen LogP contribution in [-0.4, -0.2) is 10.9 Å². The first-order valence-electron chi connectivity index (χ1n) is 6.61. The van der Waals surface area contributed by atoms with Gasteiger partial charge in [0.1, 0.15) is 0 Å². The Morgan fingerprint density at radius 2 is 2.10 bits per heavy atom. The molecule has 1 atom stereocenters. The molecule has 2 aromatic rings. The molecule has 102 valence electrons. The Morgan fingerprint density at radius 3 is 2.80 bits per heavy atom. The van der Waals surface area contributed by atoms with Crippen LogP contribution in [0.15, 0.2) is 54.7 Å². The van der Waals surface area contributed by atoms with Crippen LogP contribution in [0, 0.1) is 6.92 Å². The fraction of sp³-hybridized carbons (Fsp3) is 0.176. The molecule has 3 heteroatoms. The van der Waals surface area contributed by atoms with Gasteiger partial charge in [-0.15, -0.1) is 0 Å². The minimum atomic E-state index is -0.121. The number of carbonyl (C=O) groups excluding carboxylic acids is 1. The number of pyridine rings is 1. The van der Waals surface area contributed by atoms with Gasteiger partial charge in [0.05, 0.1) is 11.7 Å². The molecule has 1 heterocycles.